The zero-order valence-corrected chi connectivity index (χ0v) is 21.2. The van der Waals surface area contributed by atoms with Crippen LogP contribution < -0.4 is 0 Å². The predicted octanol–water partition coefficient (Wildman–Crippen LogP) is 4.89. The number of benzene rings is 1. The molecule has 0 saturated carbocycles. The number of aromatic nitrogens is 8. The van der Waals surface area contributed by atoms with Gasteiger partial charge in [-0.2, -0.15) is 15.3 Å². The fourth-order valence-corrected chi connectivity index (χ4v) is 4.94. The van der Waals surface area contributed by atoms with Crippen molar-refractivity contribution < 1.29 is 0 Å². The molecule has 6 rings (SSSR count). The van der Waals surface area contributed by atoms with Crippen molar-refractivity contribution in [1.82, 2.24) is 39.3 Å². The first-order valence-corrected chi connectivity index (χ1v) is 12.6. The number of aryl methyl sites for hydroxylation is 4. The Labute approximate surface area is 210 Å². The Kier molecular flexibility index (Phi) is 5.51. The van der Waals surface area contributed by atoms with Gasteiger partial charge in [0.1, 0.15) is 5.82 Å². The van der Waals surface area contributed by atoms with E-state index in [1.54, 1.807) is 0 Å². The minimum absolute atomic E-state index is 0.341. The maximum Gasteiger partial charge on any atom is 0.134 e. The summed E-state index contributed by atoms with van der Waals surface area (Å²) in [4.78, 5) is 9.71. The highest BCUT2D eigenvalue weighted by atomic mass is 15.3. The number of fused-ring (bicyclic) bond motifs is 3. The molecule has 182 valence electrons. The third-order valence-corrected chi connectivity index (χ3v) is 6.88. The normalized spacial score (nSPS) is 12.7. The second-order valence-corrected chi connectivity index (χ2v) is 9.67. The highest BCUT2D eigenvalue weighted by Gasteiger charge is 2.27. The maximum absolute atomic E-state index is 5.04. The molecule has 1 aliphatic rings. The Morgan fingerprint density at radius 2 is 1.75 bits per heavy atom. The van der Waals surface area contributed by atoms with Gasteiger partial charge in [-0.25, -0.2) is 9.97 Å². The van der Waals surface area contributed by atoms with Gasteiger partial charge in [0.05, 0.1) is 35.4 Å². The average Bonchev–Trinajstić information content (AvgIpc) is 3.62. The lowest BCUT2D eigenvalue weighted by Gasteiger charge is -2.16. The van der Waals surface area contributed by atoms with Gasteiger partial charge in [-0.3, -0.25) is 14.0 Å². The fourth-order valence-electron chi connectivity index (χ4n) is 4.94. The van der Waals surface area contributed by atoms with E-state index in [4.69, 9.17) is 10.1 Å². The van der Waals surface area contributed by atoms with Crippen LogP contribution in [-0.2, 0) is 32.9 Å². The molecule has 0 fully saturated rings. The number of hydrogen-bond donors (Lipinski definition) is 0. The van der Waals surface area contributed by atoms with Gasteiger partial charge in [-0.1, -0.05) is 24.3 Å². The average molecular weight is 479 g/mol. The zero-order chi connectivity index (χ0) is 24.8. The quantitative estimate of drug-likeness (QED) is 0.347. The van der Waals surface area contributed by atoms with Crippen LogP contribution in [0.15, 0.2) is 55.1 Å². The second-order valence-electron chi connectivity index (χ2n) is 9.67. The summed E-state index contributed by atoms with van der Waals surface area (Å²) >= 11 is 0. The molecule has 0 atom stereocenters. The van der Waals surface area contributed by atoms with Gasteiger partial charge in [0.15, 0.2) is 0 Å². The van der Waals surface area contributed by atoms with Crippen molar-refractivity contribution in [2.24, 2.45) is 7.05 Å². The smallest absolute Gasteiger partial charge is 0.134 e. The summed E-state index contributed by atoms with van der Waals surface area (Å²) in [6.07, 6.45) is 10.4. The van der Waals surface area contributed by atoms with Crippen molar-refractivity contribution in [3.63, 3.8) is 0 Å². The Morgan fingerprint density at radius 3 is 2.47 bits per heavy atom. The van der Waals surface area contributed by atoms with Gasteiger partial charge in [-0.15, -0.1) is 0 Å². The summed E-state index contributed by atoms with van der Waals surface area (Å²) in [6.45, 7) is 7.21. The van der Waals surface area contributed by atoms with Crippen molar-refractivity contribution in [3.8, 4) is 33.6 Å². The summed E-state index contributed by atoms with van der Waals surface area (Å²) in [7, 11) is 2.02. The van der Waals surface area contributed by atoms with E-state index in [-0.39, 0.29) is 0 Å². The van der Waals surface area contributed by atoms with Gasteiger partial charge in [0, 0.05) is 54.9 Å². The molecule has 5 aromatic rings. The number of nitrogens with zero attached hydrogens (tertiary/aromatic N) is 8. The van der Waals surface area contributed by atoms with E-state index in [1.807, 2.05) is 45.7 Å². The first-order valence-electron chi connectivity index (χ1n) is 12.6. The van der Waals surface area contributed by atoms with Crippen LogP contribution in [0.3, 0.4) is 0 Å². The molecule has 0 saturated heterocycles. The largest absolute Gasteiger partial charge is 0.273 e. The SMILES string of the molecule is CCn1ccc(Cc2ncc3c(n2)-c2c(nn(C)c2-c2ccc(-c4cnn(C(C)C)c4)cc2)CC3)n1. The highest BCUT2D eigenvalue weighted by Crippen LogP contribution is 2.39. The van der Waals surface area contributed by atoms with Crippen LogP contribution in [-0.4, -0.2) is 39.3 Å². The molecule has 0 aliphatic heterocycles. The van der Waals surface area contributed by atoms with Gasteiger partial charge in [0.25, 0.3) is 0 Å². The molecule has 8 heteroatoms. The minimum atomic E-state index is 0.341. The Bertz CT molecular complexity index is 1530. The molecule has 0 N–H and O–H groups in total. The molecular formula is C28H30N8. The molecule has 1 aromatic carbocycles. The maximum atomic E-state index is 5.04. The van der Waals surface area contributed by atoms with E-state index < -0.39 is 0 Å². The zero-order valence-electron chi connectivity index (χ0n) is 21.2. The summed E-state index contributed by atoms with van der Waals surface area (Å²) < 4.78 is 5.92. The van der Waals surface area contributed by atoms with Crippen LogP contribution in [0.4, 0.5) is 0 Å². The molecule has 0 radical (unpaired) electrons. The van der Waals surface area contributed by atoms with Crippen LogP contribution in [0.2, 0.25) is 0 Å². The third-order valence-electron chi connectivity index (χ3n) is 6.88. The monoisotopic (exact) mass is 478 g/mol. The lowest BCUT2D eigenvalue weighted by atomic mass is 9.91. The van der Waals surface area contributed by atoms with Crippen molar-refractivity contribution in [3.05, 3.63) is 77.9 Å². The summed E-state index contributed by atoms with van der Waals surface area (Å²) in [5.74, 6) is 0.787. The molecule has 0 amide bonds. The molecule has 0 bridgehead atoms. The van der Waals surface area contributed by atoms with Gasteiger partial charge in [-0.05, 0) is 50.8 Å². The Morgan fingerprint density at radius 1 is 0.944 bits per heavy atom. The van der Waals surface area contributed by atoms with E-state index in [0.717, 1.165) is 70.2 Å². The number of hydrogen-bond acceptors (Lipinski definition) is 5. The van der Waals surface area contributed by atoms with Crippen molar-refractivity contribution in [2.75, 3.05) is 0 Å². The summed E-state index contributed by atoms with van der Waals surface area (Å²) in [6, 6.07) is 11.1. The summed E-state index contributed by atoms with van der Waals surface area (Å²) in [5, 5.41) is 14.0. The van der Waals surface area contributed by atoms with Crippen molar-refractivity contribution in [2.45, 2.75) is 52.6 Å². The van der Waals surface area contributed by atoms with Gasteiger partial charge < -0.3 is 0 Å². The minimum Gasteiger partial charge on any atom is -0.273 e. The molecule has 4 aromatic heterocycles. The molecule has 1 aliphatic carbocycles. The van der Waals surface area contributed by atoms with Crippen LogP contribution in [0.25, 0.3) is 33.6 Å². The topological polar surface area (TPSA) is 79.2 Å². The fraction of sp³-hybridized carbons (Fsp3) is 0.321. The lowest BCUT2D eigenvalue weighted by Crippen LogP contribution is -2.09. The Balaban J connectivity index is 1.36. The van der Waals surface area contributed by atoms with E-state index in [0.29, 0.717) is 12.5 Å². The molecule has 0 spiro atoms. The van der Waals surface area contributed by atoms with Crippen molar-refractivity contribution >= 4 is 0 Å². The van der Waals surface area contributed by atoms with E-state index in [1.165, 1.54) is 5.56 Å². The van der Waals surface area contributed by atoms with E-state index in [9.17, 15) is 0 Å². The molecular weight excluding hydrogens is 448 g/mol. The van der Waals surface area contributed by atoms with Gasteiger partial charge in [0.2, 0.25) is 0 Å². The summed E-state index contributed by atoms with van der Waals surface area (Å²) in [5.41, 5.74) is 9.88. The predicted molar refractivity (Wildman–Crippen MR) is 139 cm³/mol. The van der Waals surface area contributed by atoms with E-state index >= 15 is 0 Å². The van der Waals surface area contributed by atoms with E-state index in [2.05, 4.69) is 66.4 Å². The standard InChI is InChI=1S/C28H30N8/c1-5-35-13-12-23(32-35)14-25-29-15-21-10-11-24-26(27(21)31-25)28(34(4)33-24)20-8-6-19(7-9-20)22-16-30-36(17-22)18(2)3/h6-9,12-13,15-18H,5,10-11,14H2,1-4H3. The first-order chi connectivity index (χ1) is 17.5. The van der Waals surface area contributed by atoms with Crippen LogP contribution in [0.1, 0.15) is 49.6 Å². The van der Waals surface area contributed by atoms with Crippen LogP contribution >= 0.6 is 0 Å². The first kappa shape index (κ1) is 22.4. The van der Waals surface area contributed by atoms with Gasteiger partial charge >= 0.3 is 0 Å². The molecule has 0 unspecified atom stereocenters. The second kappa shape index (κ2) is 8.86. The van der Waals surface area contributed by atoms with Crippen LogP contribution in [0.5, 0.6) is 0 Å². The number of rotatable bonds is 6. The van der Waals surface area contributed by atoms with Crippen LogP contribution in [0, 0.1) is 0 Å². The highest BCUT2D eigenvalue weighted by molar-refractivity contribution is 5.84. The lowest BCUT2D eigenvalue weighted by molar-refractivity contribution is 0.532. The molecule has 4 heterocycles. The van der Waals surface area contributed by atoms with Crippen molar-refractivity contribution in [1.29, 1.82) is 0 Å². The third kappa shape index (κ3) is 3.92. The molecule has 8 nitrogen and oxygen atoms in total. The Hall–Kier alpha value is -4.07. The molecule has 36 heavy (non-hydrogen) atoms.